The van der Waals surface area contributed by atoms with Gasteiger partial charge >= 0.3 is 6.09 Å². The fraction of sp³-hybridized carbons (Fsp3) is 0.464. The summed E-state index contributed by atoms with van der Waals surface area (Å²) in [5.74, 6) is 0.730. The van der Waals surface area contributed by atoms with Crippen LogP contribution in [0.15, 0.2) is 40.9 Å². The van der Waals surface area contributed by atoms with Gasteiger partial charge in [-0.1, -0.05) is 17.7 Å². The third-order valence-corrected chi connectivity index (χ3v) is 8.95. The average Bonchev–Trinajstić information content (AvgIpc) is 3.63. The molecule has 9 heteroatoms. The van der Waals surface area contributed by atoms with E-state index in [4.69, 9.17) is 26.3 Å². The fourth-order valence-electron chi connectivity index (χ4n) is 4.48. The summed E-state index contributed by atoms with van der Waals surface area (Å²) >= 11 is 10.0. The molecule has 6 nitrogen and oxygen atoms in total. The quantitative estimate of drug-likeness (QED) is 0.302. The Labute approximate surface area is 232 Å². The van der Waals surface area contributed by atoms with Gasteiger partial charge in [0.2, 0.25) is 0 Å². The van der Waals surface area contributed by atoms with E-state index in [2.05, 4.69) is 35.5 Å². The number of aromatic nitrogens is 2. The Morgan fingerprint density at radius 1 is 1.22 bits per heavy atom. The molecule has 3 aromatic rings. The summed E-state index contributed by atoms with van der Waals surface area (Å²) in [5, 5.41) is 4.90. The van der Waals surface area contributed by atoms with Crippen molar-refractivity contribution in [3.05, 3.63) is 57.6 Å². The van der Waals surface area contributed by atoms with Gasteiger partial charge < -0.3 is 14.5 Å². The van der Waals surface area contributed by atoms with E-state index in [0.717, 1.165) is 50.6 Å². The number of ether oxygens (including phenoxy) is 1. The van der Waals surface area contributed by atoms with E-state index in [1.807, 2.05) is 37.9 Å². The van der Waals surface area contributed by atoms with Gasteiger partial charge in [0, 0.05) is 54.1 Å². The number of benzene rings is 1. The molecule has 0 bridgehead atoms. The number of carbonyl (C=O) groups excluding carboxylic acids is 1. The van der Waals surface area contributed by atoms with E-state index in [1.54, 1.807) is 23.1 Å². The lowest BCUT2D eigenvalue weighted by molar-refractivity contribution is 0.0258. The topological polar surface area (TPSA) is 58.6 Å². The van der Waals surface area contributed by atoms with Crippen molar-refractivity contribution in [2.24, 2.45) is 0 Å². The molecule has 1 aliphatic carbocycles. The zero-order valence-electron chi connectivity index (χ0n) is 21.8. The van der Waals surface area contributed by atoms with Crippen LogP contribution in [0.3, 0.4) is 0 Å². The third kappa shape index (κ3) is 6.41. The molecule has 1 aromatic carbocycles. The summed E-state index contributed by atoms with van der Waals surface area (Å²) in [5.41, 5.74) is 5.14. The number of thioether (sulfide) groups is 1. The number of anilines is 1. The van der Waals surface area contributed by atoms with Gasteiger partial charge in [-0.3, -0.25) is 0 Å². The molecule has 1 amide bonds. The molecular weight excluding hydrogens is 524 g/mol. The lowest BCUT2D eigenvalue weighted by Gasteiger charge is -2.26. The fourth-order valence-corrected chi connectivity index (χ4v) is 6.59. The summed E-state index contributed by atoms with van der Waals surface area (Å²) in [6.45, 7) is 6.96. The molecule has 0 unspecified atom stereocenters. The molecule has 5 rings (SSSR count). The van der Waals surface area contributed by atoms with E-state index in [-0.39, 0.29) is 6.09 Å². The van der Waals surface area contributed by atoms with Gasteiger partial charge in [0.1, 0.15) is 5.60 Å². The Bertz CT molecular complexity index is 1270. The molecule has 0 spiro atoms. The number of halogens is 1. The first kappa shape index (κ1) is 26.3. The zero-order chi connectivity index (χ0) is 26.2. The van der Waals surface area contributed by atoms with Crippen LogP contribution in [-0.2, 0) is 23.3 Å². The maximum absolute atomic E-state index is 12.6. The molecule has 3 heterocycles. The predicted molar refractivity (Wildman–Crippen MR) is 153 cm³/mol. The van der Waals surface area contributed by atoms with Crippen molar-refractivity contribution in [3.8, 4) is 11.3 Å². The largest absolute Gasteiger partial charge is 0.444 e. The van der Waals surface area contributed by atoms with Gasteiger partial charge in [0.05, 0.1) is 10.7 Å². The van der Waals surface area contributed by atoms with Crippen molar-refractivity contribution >= 4 is 45.9 Å². The number of hydrogen-bond acceptors (Lipinski definition) is 7. The molecule has 37 heavy (non-hydrogen) atoms. The van der Waals surface area contributed by atoms with Crippen molar-refractivity contribution in [2.75, 3.05) is 25.0 Å². The highest BCUT2D eigenvalue weighted by Gasteiger charge is 2.28. The van der Waals surface area contributed by atoms with Crippen LogP contribution >= 0.6 is 34.7 Å². The molecule has 0 radical (unpaired) electrons. The average molecular weight is 557 g/mol. The van der Waals surface area contributed by atoms with Crippen LogP contribution in [0.2, 0.25) is 5.02 Å². The first-order chi connectivity index (χ1) is 17.7. The van der Waals surface area contributed by atoms with E-state index >= 15 is 0 Å². The smallest absolute Gasteiger partial charge is 0.410 e. The standard InChI is InChI=1S/C28H33ClN4O2S2/c1-28(2,3)35-27(34)33-13-11-18-5-9-23(29)22(21(18)12-14-33)16-36-25-10-6-19(15-30-25)24-17-37-26(31-24)32(4)20-7-8-20/h5-6,9-10,15,17,20H,7-8,11-14,16H2,1-4H3. The summed E-state index contributed by atoms with van der Waals surface area (Å²) < 4.78 is 5.60. The van der Waals surface area contributed by atoms with Crippen molar-refractivity contribution in [1.82, 2.24) is 14.9 Å². The Balaban J connectivity index is 1.24. The van der Waals surface area contributed by atoms with Crippen molar-refractivity contribution < 1.29 is 9.53 Å². The Morgan fingerprint density at radius 2 is 2.00 bits per heavy atom. The van der Waals surface area contributed by atoms with Crippen LogP contribution < -0.4 is 4.90 Å². The summed E-state index contributed by atoms with van der Waals surface area (Å²) in [6.07, 6.45) is 5.73. The molecule has 1 fully saturated rings. The maximum atomic E-state index is 12.6. The Kier molecular flexibility index (Phi) is 7.70. The normalized spacial score (nSPS) is 15.8. The number of carbonyl (C=O) groups is 1. The van der Waals surface area contributed by atoms with Crippen molar-refractivity contribution in [1.29, 1.82) is 0 Å². The van der Waals surface area contributed by atoms with Crippen molar-refractivity contribution in [3.63, 3.8) is 0 Å². The number of hydrogen-bond donors (Lipinski definition) is 0. The zero-order valence-corrected chi connectivity index (χ0v) is 24.2. The van der Waals surface area contributed by atoms with Gasteiger partial charge in [0.15, 0.2) is 5.13 Å². The Hall–Kier alpha value is -2.29. The number of nitrogens with zero attached hydrogens (tertiary/aromatic N) is 4. The molecule has 2 aliphatic rings. The van der Waals surface area contributed by atoms with E-state index in [1.165, 1.54) is 24.0 Å². The summed E-state index contributed by atoms with van der Waals surface area (Å²) in [4.78, 5) is 26.2. The lowest BCUT2D eigenvalue weighted by atomic mass is 9.98. The second-order valence-electron chi connectivity index (χ2n) is 10.7. The number of pyridine rings is 1. The van der Waals surface area contributed by atoms with Gasteiger partial charge in [-0.15, -0.1) is 23.1 Å². The van der Waals surface area contributed by atoms with E-state index in [9.17, 15) is 4.79 Å². The van der Waals surface area contributed by atoms with Gasteiger partial charge in [-0.2, -0.15) is 0 Å². The lowest BCUT2D eigenvalue weighted by Crippen LogP contribution is -2.38. The molecule has 1 saturated carbocycles. The highest BCUT2D eigenvalue weighted by atomic mass is 35.5. The number of thiazole rings is 1. The SMILES string of the molecule is CN(c1nc(-c2ccc(SCc3c(Cl)ccc4c3CCN(C(=O)OC(C)(C)C)CC4)nc2)cs1)C1CC1. The molecule has 196 valence electrons. The highest BCUT2D eigenvalue weighted by molar-refractivity contribution is 7.98. The molecule has 0 atom stereocenters. The molecular formula is C28H33ClN4O2S2. The third-order valence-electron chi connectivity index (χ3n) is 6.69. The number of fused-ring (bicyclic) bond motifs is 1. The van der Waals surface area contributed by atoms with Crippen molar-refractivity contribution in [2.45, 2.75) is 68.9 Å². The van der Waals surface area contributed by atoms with Gasteiger partial charge in [0.25, 0.3) is 0 Å². The minimum Gasteiger partial charge on any atom is -0.444 e. The predicted octanol–water partition coefficient (Wildman–Crippen LogP) is 7.09. The van der Waals surface area contributed by atoms with Crippen LogP contribution in [0.4, 0.5) is 9.93 Å². The first-order valence-corrected chi connectivity index (χ1v) is 15.0. The van der Waals surface area contributed by atoms with Gasteiger partial charge in [-0.05, 0) is 81.3 Å². The molecule has 2 aromatic heterocycles. The minimum absolute atomic E-state index is 0.252. The van der Waals surface area contributed by atoms with Crippen LogP contribution in [0, 0.1) is 0 Å². The van der Waals surface area contributed by atoms with E-state index < -0.39 is 5.60 Å². The summed E-state index contributed by atoms with van der Waals surface area (Å²) in [6, 6.07) is 8.88. The number of rotatable bonds is 6. The van der Waals surface area contributed by atoms with Crippen LogP contribution in [0.25, 0.3) is 11.3 Å². The first-order valence-electron chi connectivity index (χ1n) is 12.7. The molecule has 1 aliphatic heterocycles. The van der Waals surface area contributed by atoms with Crippen LogP contribution in [-0.4, -0.2) is 52.7 Å². The van der Waals surface area contributed by atoms with E-state index in [0.29, 0.717) is 19.1 Å². The summed E-state index contributed by atoms with van der Waals surface area (Å²) in [7, 11) is 2.13. The molecule has 0 N–H and O–H groups in total. The number of amides is 1. The maximum Gasteiger partial charge on any atom is 0.410 e. The minimum atomic E-state index is -0.501. The highest BCUT2D eigenvalue weighted by Crippen LogP contribution is 2.35. The Morgan fingerprint density at radius 3 is 2.70 bits per heavy atom. The molecule has 0 saturated heterocycles. The van der Waals surface area contributed by atoms with Crippen LogP contribution in [0.5, 0.6) is 0 Å². The monoisotopic (exact) mass is 556 g/mol. The van der Waals surface area contributed by atoms with Crippen LogP contribution in [0.1, 0.15) is 50.3 Å². The second kappa shape index (κ2) is 10.8. The van der Waals surface area contributed by atoms with Gasteiger partial charge in [-0.25, -0.2) is 14.8 Å². The second-order valence-corrected chi connectivity index (χ2v) is 12.9.